The molecule has 0 aliphatic heterocycles. The highest BCUT2D eigenvalue weighted by Crippen LogP contribution is 2.16. The second-order valence-electron chi connectivity index (χ2n) is 3.76. The topological polar surface area (TPSA) is 84.2 Å². The van der Waals surface area contributed by atoms with Gasteiger partial charge >= 0.3 is 0 Å². The van der Waals surface area contributed by atoms with E-state index >= 15 is 0 Å². The van der Waals surface area contributed by atoms with Gasteiger partial charge in [-0.15, -0.1) is 5.14 Å². The predicted molar refractivity (Wildman–Crippen MR) is 68.0 cm³/mol. The standard InChI is InChI=1S/C12H16NO4S/c1-3-11(18(13,15)16)12(14)9-5-7-10(8-6-9)17-4-2/h5-8,11,13H,3-4H2,1-2H3. The van der Waals surface area contributed by atoms with Crippen molar-refractivity contribution in [2.45, 2.75) is 25.5 Å². The molecule has 5 nitrogen and oxygen atoms in total. The van der Waals surface area contributed by atoms with Gasteiger partial charge in [0.1, 0.15) is 11.0 Å². The van der Waals surface area contributed by atoms with Crippen molar-refractivity contribution in [1.29, 1.82) is 0 Å². The molecule has 1 rings (SSSR count). The SMILES string of the molecule is CCOc1ccc(C(=O)C(CC)S([NH])(=O)=O)cc1. The Balaban J connectivity index is 2.96. The molecule has 0 aromatic heterocycles. The molecule has 1 aromatic rings. The first-order valence-corrected chi connectivity index (χ1v) is 7.20. The lowest BCUT2D eigenvalue weighted by atomic mass is 10.1. The molecule has 0 aliphatic carbocycles. The zero-order valence-electron chi connectivity index (χ0n) is 10.3. The number of Topliss-reactive ketones (excluding diaryl/α,β-unsaturated/α-hetero) is 1. The molecule has 18 heavy (non-hydrogen) atoms. The number of nitrogens with one attached hydrogen (secondary N) is 1. The molecule has 1 aromatic carbocycles. The predicted octanol–water partition coefficient (Wildman–Crippen LogP) is 1.66. The maximum Gasteiger partial charge on any atom is 0.235 e. The Morgan fingerprint density at radius 2 is 1.83 bits per heavy atom. The summed E-state index contributed by atoms with van der Waals surface area (Å²) in [6.45, 7) is 3.94. The average molecular weight is 270 g/mol. The van der Waals surface area contributed by atoms with Crippen LogP contribution in [0.25, 0.3) is 0 Å². The number of rotatable bonds is 6. The third kappa shape index (κ3) is 3.54. The van der Waals surface area contributed by atoms with Crippen LogP contribution in [0.5, 0.6) is 5.75 Å². The molecule has 1 unspecified atom stereocenters. The van der Waals surface area contributed by atoms with Crippen molar-refractivity contribution in [2.75, 3.05) is 6.61 Å². The maximum absolute atomic E-state index is 12.0. The second kappa shape index (κ2) is 5.97. The van der Waals surface area contributed by atoms with Gasteiger partial charge < -0.3 is 4.74 Å². The molecule has 0 aliphatic rings. The Bertz CT molecular complexity index is 507. The summed E-state index contributed by atoms with van der Waals surface area (Å²) < 4.78 is 27.6. The van der Waals surface area contributed by atoms with Crippen LogP contribution in [0.1, 0.15) is 30.6 Å². The summed E-state index contributed by atoms with van der Waals surface area (Å²) in [5, 5.41) is 5.71. The van der Waals surface area contributed by atoms with Crippen molar-refractivity contribution >= 4 is 15.8 Å². The molecular weight excluding hydrogens is 254 g/mol. The quantitative estimate of drug-likeness (QED) is 0.736. The Morgan fingerprint density at radius 3 is 2.22 bits per heavy atom. The number of ketones is 1. The van der Waals surface area contributed by atoms with Crippen LogP contribution in [-0.4, -0.2) is 26.1 Å². The Morgan fingerprint density at radius 1 is 1.28 bits per heavy atom. The fourth-order valence-electron chi connectivity index (χ4n) is 1.61. The maximum atomic E-state index is 12.0. The first-order valence-electron chi connectivity index (χ1n) is 5.65. The molecule has 99 valence electrons. The number of carbonyl (C=O) groups is 1. The third-order valence-corrected chi connectivity index (χ3v) is 3.78. The van der Waals surface area contributed by atoms with Crippen LogP contribution in [0, 0.1) is 0 Å². The summed E-state index contributed by atoms with van der Waals surface area (Å²) in [7, 11) is -4.11. The van der Waals surface area contributed by atoms with E-state index in [0.29, 0.717) is 12.4 Å². The van der Waals surface area contributed by atoms with E-state index in [4.69, 9.17) is 9.88 Å². The minimum Gasteiger partial charge on any atom is -0.494 e. The molecule has 0 fully saturated rings. The van der Waals surface area contributed by atoms with Crippen molar-refractivity contribution in [3.8, 4) is 5.75 Å². The van der Waals surface area contributed by atoms with Gasteiger partial charge in [0.15, 0.2) is 5.78 Å². The van der Waals surface area contributed by atoms with Gasteiger partial charge in [-0.3, -0.25) is 4.79 Å². The fraction of sp³-hybridized carbons (Fsp3) is 0.417. The molecule has 1 N–H and O–H groups in total. The van der Waals surface area contributed by atoms with E-state index in [0.717, 1.165) is 0 Å². The molecule has 1 atom stereocenters. The highest BCUT2D eigenvalue weighted by atomic mass is 32.2. The normalized spacial score (nSPS) is 13.1. The summed E-state index contributed by atoms with van der Waals surface area (Å²) in [6, 6.07) is 6.25. The molecule has 0 heterocycles. The molecular formula is C12H16NO4S. The van der Waals surface area contributed by atoms with Gasteiger partial charge in [0.05, 0.1) is 6.61 Å². The minimum atomic E-state index is -4.11. The van der Waals surface area contributed by atoms with Crippen molar-refractivity contribution in [1.82, 2.24) is 5.14 Å². The van der Waals surface area contributed by atoms with E-state index in [-0.39, 0.29) is 12.0 Å². The van der Waals surface area contributed by atoms with E-state index in [1.807, 2.05) is 6.92 Å². The van der Waals surface area contributed by atoms with E-state index in [9.17, 15) is 13.2 Å². The van der Waals surface area contributed by atoms with Gasteiger partial charge in [0.2, 0.25) is 10.0 Å². The van der Waals surface area contributed by atoms with Gasteiger partial charge in [-0.2, -0.15) is 0 Å². The molecule has 0 saturated heterocycles. The first kappa shape index (κ1) is 14.7. The van der Waals surface area contributed by atoms with Gasteiger partial charge in [0.25, 0.3) is 0 Å². The number of carbonyl (C=O) groups excluding carboxylic acids is 1. The molecule has 0 spiro atoms. The summed E-state index contributed by atoms with van der Waals surface area (Å²) in [4.78, 5) is 12.0. The van der Waals surface area contributed by atoms with Crippen LogP contribution >= 0.6 is 0 Å². The lowest BCUT2D eigenvalue weighted by Crippen LogP contribution is -2.30. The number of hydrogen-bond donors (Lipinski definition) is 0. The smallest absolute Gasteiger partial charge is 0.235 e. The van der Waals surface area contributed by atoms with Crippen molar-refractivity contribution in [3.05, 3.63) is 29.8 Å². The number of ether oxygens (including phenoxy) is 1. The van der Waals surface area contributed by atoms with Gasteiger partial charge in [-0.25, -0.2) is 8.42 Å². The Kier molecular flexibility index (Phi) is 4.86. The first-order chi connectivity index (χ1) is 8.40. The number of sulfonamides is 1. The largest absolute Gasteiger partial charge is 0.494 e. The Hall–Kier alpha value is -1.40. The highest BCUT2D eigenvalue weighted by Gasteiger charge is 2.29. The van der Waals surface area contributed by atoms with Gasteiger partial charge in [-0.1, -0.05) is 6.92 Å². The van der Waals surface area contributed by atoms with Crippen molar-refractivity contribution in [3.63, 3.8) is 0 Å². The zero-order valence-corrected chi connectivity index (χ0v) is 11.2. The van der Waals surface area contributed by atoms with Crippen LogP contribution in [0.2, 0.25) is 0 Å². The van der Waals surface area contributed by atoms with Gasteiger partial charge in [0, 0.05) is 5.56 Å². The molecule has 0 saturated carbocycles. The minimum absolute atomic E-state index is 0.0951. The summed E-state index contributed by atoms with van der Waals surface area (Å²) in [5.41, 5.74) is 0.279. The van der Waals surface area contributed by atoms with Crippen LogP contribution in [0.15, 0.2) is 24.3 Å². The summed E-state index contributed by atoms with van der Waals surface area (Å²) >= 11 is 0. The second-order valence-corrected chi connectivity index (χ2v) is 5.42. The van der Waals surface area contributed by atoms with E-state index < -0.39 is 21.1 Å². The van der Waals surface area contributed by atoms with Crippen LogP contribution in [0.3, 0.4) is 0 Å². The highest BCUT2D eigenvalue weighted by molar-refractivity contribution is 7.90. The lowest BCUT2D eigenvalue weighted by molar-refractivity contribution is 0.0985. The molecule has 0 amide bonds. The van der Waals surface area contributed by atoms with Crippen LogP contribution in [-0.2, 0) is 10.0 Å². The number of hydrogen-bond acceptors (Lipinski definition) is 4. The summed E-state index contributed by atoms with van der Waals surface area (Å²) in [5.74, 6) is 0.0753. The van der Waals surface area contributed by atoms with E-state index in [2.05, 4.69) is 0 Å². The lowest BCUT2D eigenvalue weighted by Gasteiger charge is -2.11. The van der Waals surface area contributed by atoms with Crippen molar-refractivity contribution < 1.29 is 17.9 Å². The van der Waals surface area contributed by atoms with Gasteiger partial charge in [-0.05, 0) is 37.6 Å². The average Bonchev–Trinajstić information content (AvgIpc) is 2.29. The fourth-order valence-corrected chi connectivity index (χ4v) is 2.47. The van der Waals surface area contributed by atoms with Crippen LogP contribution < -0.4 is 9.88 Å². The van der Waals surface area contributed by atoms with E-state index in [1.165, 1.54) is 12.1 Å². The van der Waals surface area contributed by atoms with Crippen LogP contribution in [0.4, 0.5) is 0 Å². The van der Waals surface area contributed by atoms with E-state index in [1.54, 1.807) is 19.1 Å². The summed E-state index contributed by atoms with van der Waals surface area (Å²) in [6.07, 6.45) is 0.0951. The Labute approximate surface area is 107 Å². The number of benzene rings is 1. The monoisotopic (exact) mass is 270 g/mol. The molecule has 0 bridgehead atoms. The molecule has 6 heteroatoms. The third-order valence-electron chi connectivity index (χ3n) is 2.49. The zero-order chi connectivity index (χ0) is 13.8. The van der Waals surface area contributed by atoms with Crippen molar-refractivity contribution in [2.24, 2.45) is 0 Å². The molecule has 1 radical (unpaired) electrons.